The normalized spacial score (nSPS) is 11.4. The second-order valence-corrected chi connectivity index (χ2v) is 7.61. The zero-order chi connectivity index (χ0) is 19.8. The Labute approximate surface area is 153 Å². The number of primary amides is 1. The Morgan fingerprint density at radius 3 is 2.52 bits per heavy atom. The molecule has 0 atom stereocenters. The highest BCUT2D eigenvalue weighted by Crippen LogP contribution is 2.38. The second kappa shape index (κ2) is 6.65. The Bertz CT molecular complexity index is 1190. The van der Waals surface area contributed by atoms with E-state index in [2.05, 4.69) is 4.98 Å². The van der Waals surface area contributed by atoms with Gasteiger partial charge in [-0.3, -0.25) is 19.9 Å². The number of nitro groups is 1. The lowest BCUT2D eigenvalue weighted by Crippen LogP contribution is -2.17. The highest BCUT2D eigenvalue weighted by atomic mass is 32.2. The molecule has 0 radical (unpaired) electrons. The van der Waals surface area contributed by atoms with Crippen LogP contribution in [-0.2, 0) is 21.1 Å². The molecule has 0 saturated carbocycles. The standard InChI is InChI=1S/C17H14N4O5S/c18-12-9-14(17(21(23)24)11-5-3-7-20-16(11)12)27(25,26)13-6-2-1-4-10(13)8-15(19)22/h1-7,9H,8,18H2,(H2,19,22). The van der Waals surface area contributed by atoms with E-state index in [-0.39, 0.29) is 33.5 Å². The molecule has 0 aliphatic carbocycles. The molecule has 1 heterocycles. The van der Waals surface area contributed by atoms with E-state index in [1.165, 1.54) is 36.5 Å². The van der Waals surface area contributed by atoms with Crippen molar-refractivity contribution < 1.29 is 18.1 Å². The maximum absolute atomic E-state index is 13.2. The summed E-state index contributed by atoms with van der Waals surface area (Å²) in [7, 11) is -4.36. The third-order valence-corrected chi connectivity index (χ3v) is 5.82. The highest BCUT2D eigenvalue weighted by Gasteiger charge is 2.32. The fourth-order valence-corrected chi connectivity index (χ4v) is 4.55. The van der Waals surface area contributed by atoms with Crippen LogP contribution in [0.4, 0.5) is 11.4 Å². The van der Waals surface area contributed by atoms with Crippen LogP contribution < -0.4 is 11.5 Å². The number of nitrogens with two attached hydrogens (primary N) is 2. The predicted octanol–water partition coefficient (Wildman–Crippen LogP) is 1.59. The molecular formula is C17H14N4O5S. The molecule has 3 rings (SSSR count). The van der Waals surface area contributed by atoms with Crippen molar-refractivity contribution in [3.8, 4) is 0 Å². The van der Waals surface area contributed by atoms with Crippen LogP contribution in [0.15, 0.2) is 58.5 Å². The number of nitro benzene ring substituents is 1. The fourth-order valence-electron chi connectivity index (χ4n) is 2.85. The molecule has 3 aromatic rings. The lowest BCUT2D eigenvalue weighted by molar-refractivity contribution is -0.386. The Balaban J connectivity index is 2.37. The number of sulfone groups is 1. The fraction of sp³-hybridized carbons (Fsp3) is 0.0588. The van der Waals surface area contributed by atoms with Crippen LogP contribution in [-0.4, -0.2) is 24.2 Å². The van der Waals surface area contributed by atoms with Gasteiger partial charge in [-0.15, -0.1) is 0 Å². The molecule has 0 spiro atoms. The SMILES string of the molecule is NC(=O)Cc1ccccc1S(=O)(=O)c1cc(N)c2ncccc2c1[N+](=O)[O-]. The summed E-state index contributed by atoms with van der Waals surface area (Å²) in [5.41, 5.74) is 10.7. The number of nitrogen functional groups attached to an aromatic ring is 1. The molecule has 0 bridgehead atoms. The van der Waals surface area contributed by atoms with Gasteiger partial charge >= 0.3 is 0 Å². The zero-order valence-corrected chi connectivity index (χ0v) is 14.6. The van der Waals surface area contributed by atoms with Crippen molar-refractivity contribution in [2.45, 2.75) is 16.2 Å². The molecule has 1 aromatic heterocycles. The van der Waals surface area contributed by atoms with Crippen molar-refractivity contribution >= 4 is 38.0 Å². The van der Waals surface area contributed by atoms with Crippen LogP contribution in [0.3, 0.4) is 0 Å². The number of hydrogen-bond donors (Lipinski definition) is 2. The Kier molecular flexibility index (Phi) is 4.50. The number of rotatable bonds is 5. The maximum Gasteiger partial charge on any atom is 0.297 e. The van der Waals surface area contributed by atoms with E-state index >= 15 is 0 Å². The molecule has 1 amide bonds. The lowest BCUT2D eigenvalue weighted by Gasteiger charge is -2.12. The minimum absolute atomic E-state index is 0.00783. The number of carbonyl (C=O) groups excluding carboxylic acids is 1. The number of nitrogens with zero attached hydrogens (tertiary/aromatic N) is 2. The van der Waals surface area contributed by atoms with Crippen LogP contribution in [0, 0.1) is 10.1 Å². The van der Waals surface area contributed by atoms with E-state index in [1.807, 2.05) is 0 Å². The number of hydrogen-bond acceptors (Lipinski definition) is 7. The van der Waals surface area contributed by atoms with Gasteiger partial charge in [-0.25, -0.2) is 8.42 Å². The first-order valence-corrected chi connectivity index (χ1v) is 9.14. The van der Waals surface area contributed by atoms with Gasteiger partial charge < -0.3 is 11.5 Å². The summed E-state index contributed by atoms with van der Waals surface area (Å²) < 4.78 is 26.4. The van der Waals surface area contributed by atoms with Gasteiger partial charge in [0.25, 0.3) is 5.69 Å². The number of fused-ring (bicyclic) bond motifs is 1. The predicted molar refractivity (Wildman–Crippen MR) is 97.6 cm³/mol. The molecule has 10 heteroatoms. The van der Waals surface area contributed by atoms with Crippen molar-refractivity contribution in [3.63, 3.8) is 0 Å². The van der Waals surface area contributed by atoms with Crippen LogP contribution in [0.1, 0.15) is 5.56 Å². The Morgan fingerprint density at radius 1 is 1.15 bits per heavy atom. The third-order valence-electron chi connectivity index (χ3n) is 3.96. The Morgan fingerprint density at radius 2 is 1.85 bits per heavy atom. The van der Waals surface area contributed by atoms with Crippen molar-refractivity contribution in [1.82, 2.24) is 4.98 Å². The van der Waals surface area contributed by atoms with E-state index in [1.54, 1.807) is 6.07 Å². The van der Waals surface area contributed by atoms with Crippen LogP contribution in [0.5, 0.6) is 0 Å². The van der Waals surface area contributed by atoms with Gasteiger partial charge in [-0.2, -0.15) is 0 Å². The zero-order valence-electron chi connectivity index (χ0n) is 13.8. The van der Waals surface area contributed by atoms with E-state index in [0.29, 0.717) is 0 Å². The van der Waals surface area contributed by atoms with Gasteiger partial charge in [0, 0.05) is 6.20 Å². The van der Waals surface area contributed by atoms with Gasteiger partial charge in [0.1, 0.15) is 5.52 Å². The van der Waals surface area contributed by atoms with Crippen LogP contribution in [0.2, 0.25) is 0 Å². The molecule has 0 fully saturated rings. The van der Waals surface area contributed by atoms with Crippen molar-refractivity contribution in [1.29, 1.82) is 0 Å². The molecule has 27 heavy (non-hydrogen) atoms. The van der Waals surface area contributed by atoms with Gasteiger partial charge in [-0.05, 0) is 29.8 Å². The van der Waals surface area contributed by atoms with Crippen LogP contribution in [0.25, 0.3) is 10.9 Å². The van der Waals surface area contributed by atoms with Crippen molar-refractivity contribution in [3.05, 3.63) is 64.3 Å². The molecule has 9 nitrogen and oxygen atoms in total. The first-order chi connectivity index (χ1) is 12.7. The number of amides is 1. The number of anilines is 1. The Hall–Kier alpha value is -3.53. The van der Waals surface area contributed by atoms with Gasteiger partial charge in [-0.1, -0.05) is 18.2 Å². The minimum atomic E-state index is -4.36. The molecule has 0 saturated heterocycles. The molecule has 4 N–H and O–H groups in total. The average molecular weight is 386 g/mol. The van der Waals surface area contributed by atoms with E-state index in [9.17, 15) is 23.3 Å². The largest absolute Gasteiger partial charge is 0.397 e. The quantitative estimate of drug-likeness (QED) is 0.382. The lowest BCUT2D eigenvalue weighted by atomic mass is 10.1. The van der Waals surface area contributed by atoms with Crippen molar-refractivity contribution in [2.75, 3.05) is 5.73 Å². The first kappa shape index (κ1) is 18.3. The van der Waals surface area contributed by atoms with Gasteiger partial charge in [0.05, 0.1) is 27.3 Å². The minimum Gasteiger partial charge on any atom is -0.397 e. The summed E-state index contributed by atoms with van der Waals surface area (Å²) in [6, 6.07) is 9.54. The summed E-state index contributed by atoms with van der Waals surface area (Å²) >= 11 is 0. The summed E-state index contributed by atoms with van der Waals surface area (Å²) in [6.07, 6.45) is 1.08. The number of aromatic nitrogens is 1. The smallest absolute Gasteiger partial charge is 0.297 e. The van der Waals surface area contributed by atoms with Gasteiger partial charge in [0.15, 0.2) is 4.90 Å². The third kappa shape index (κ3) is 3.17. The monoisotopic (exact) mass is 386 g/mol. The second-order valence-electron chi connectivity index (χ2n) is 5.72. The maximum atomic E-state index is 13.2. The summed E-state index contributed by atoms with van der Waals surface area (Å²) in [6.45, 7) is 0. The number of benzene rings is 2. The molecule has 0 aliphatic rings. The molecular weight excluding hydrogens is 372 g/mol. The molecule has 2 aromatic carbocycles. The first-order valence-electron chi connectivity index (χ1n) is 7.66. The van der Waals surface area contributed by atoms with E-state index in [4.69, 9.17) is 11.5 Å². The highest BCUT2D eigenvalue weighted by molar-refractivity contribution is 7.91. The van der Waals surface area contributed by atoms with E-state index < -0.39 is 31.3 Å². The molecule has 0 unspecified atom stereocenters. The number of carbonyl (C=O) groups is 1. The van der Waals surface area contributed by atoms with Crippen LogP contribution >= 0.6 is 0 Å². The topological polar surface area (TPSA) is 159 Å². The summed E-state index contributed by atoms with van der Waals surface area (Å²) in [5, 5.41) is 11.7. The van der Waals surface area contributed by atoms with Gasteiger partial charge in [0.2, 0.25) is 15.7 Å². The average Bonchev–Trinajstić information content (AvgIpc) is 2.61. The molecule has 138 valence electrons. The summed E-state index contributed by atoms with van der Waals surface area (Å²) in [4.78, 5) is 25.4. The molecule has 0 aliphatic heterocycles. The van der Waals surface area contributed by atoms with E-state index in [0.717, 1.165) is 6.07 Å². The number of pyridine rings is 1. The summed E-state index contributed by atoms with van der Waals surface area (Å²) in [5.74, 6) is -0.727. The van der Waals surface area contributed by atoms with Crippen molar-refractivity contribution in [2.24, 2.45) is 5.73 Å².